The average molecular weight is 602 g/mol. The predicted molar refractivity (Wildman–Crippen MR) is 160 cm³/mol. The number of methoxy groups -OCH3 is 1. The third kappa shape index (κ3) is 8.21. The van der Waals surface area contributed by atoms with E-state index in [1.807, 2.05) is 0 Å². The van der Waals surface area contributed by atoms with Crippen molar-refractivity contribution in [1.29, 1.82) is 0 Å². The Morgan fingerprint density at radius 3 is 2.43 bits per heavy atom. The number of urea groups is 1. The molecule has 1 spiro atoms. The second-order valence-corrected chi connectivity index (χ2v) is 13.0. The van der Waals surface area contributed by atoms with E-state index in [4.69, 9.17) is 14.2 Å². The fourth-order valence-electron chi connectivity index (χ4n) is 6.01. The lowest BCUT2D eigenvalue weighted by Gasteiger charge is -2.43. The summed E-state index contributed by atoms with van der Waals surface area (Å²) in [5.74, 6) is -0.479. The number of nitrogens with one attached hydrogen (secondary N) is 3. The minimum Gasteiger partial charge on any atom is -0.379 e. The van der Waals surface area contributed by atoms with Crippen LogP contribution in [0, 0.1) is 5.92 Å². The molecule has 1 aliphatic carbocycles. The number of carbonyl (C=O) groups excluding carboxylic acids is 4. The van der Waals surface area contributed by atoms with Gasteiger partial charge in [0.1, 0.15) is 11.4 Å². The highest BCUT2D eigenvalue weighted by molar-refractivity contribution is 8.00. The molecule has 1 aromatic carbocycles. The first-order chi connectivity index (χ1) is 20.0. The van der Waals surface area contributed by atoms with Crippen molar-refractivity contribution in [3.8, 4) is 0 Å². The van der Waals surface area contributed by atoms with Crippen molar-refractivity contribution in [3.63, 3.8) is 0 Å². The van der Waals surface area contributed by atoms with E-state index in [2.05, 4.69) is 42.8 Å². The highest BCUT2D eigenvalue weighted by atomic mass is 32.2. The van der Waals surface area contributed by atoms with Gasteiger partial charge in [-0.25, -0.2) is 4.79 Å². The highest BCUT2D eigenvalue weighted by Crippen LogP contribution is 2.59. The van der Waals surface area contributed by atoms with Crippen LogP contribution in [0.15, 0.2) is 40.8 Å². The Kier molecular flexibility index (Phi) is 10.5. The molecule has 4 rings (SSSR count). The number of allylic oxidation sites excluding steroid dienone is 1. The number of ether oxygens (including phenoxy) is 3. The van der Waals surface area contributed by atoms with Crippen LogP contribution in [-0.2, 0) is 28.6 Å². The number of hydrogen-bond donors (Lipinski definition) is 3. The smallest absolute Gasteiger partial charge is 0.321 e. The van der Waals surface area contributed by atoms with Crippen LogP contribution in [0.25, 0.3) is 0 Å². The molecule has 3 N–H and O–H groups in total. The van der Waals surface area contributed by atoms with Gasteiger partial charge in [0, 0.05) is 36.5 Å². The number of Topliss-reactive ketones (excluding diaryl/α,β-unsaturated/α-hetero) is 1. The number of carbonyl (C=O) groups is 4. The maximum atomic E-state index is 12.8. The summed E-state index contributed by atoms with van der Waals surface area (Å²) in [5.41, 5.74) is 1.20. The average Bonchev–Trinajstić information content (AvgIpc) is 3.84. The van der Waals surface area contributed by atoms with E-state index < -0.39 is 17.5 Å². The van der Waals surface area contributed by atoms with Gasteiger partial charge in [-0.1, -0.05) is 11.6 Å². The van der Waals surface area contributed by atoms with E-state index in [-0.39, 0.29) is 53.6 Å². The molecule has 6 atom stereocenters. The third-order valence-corrected chi connectivity index (χ3v) is 9.32. The van der Waals surface area contributed by atoms with Gasteiger partial charge in [0.05, 0.1) is 36.2 Å². The summed E-state index contributed by atoms with van der Waals surface area (Å²) in [6.45, 7) is 8.42. The molecule has 3 fully saturated rings. The van der Waals surface area contributed by atoms with Crippen LogP contribution in [0.5, 0.6) is 0 Å². The molecular weight excluding hydrogens is 558 g/mol. The lowest BCUT2D eigenvalue weighted by Crippen LogP contribution is -2.60. The van der Waals surface area contributed by atoms with Gasteiger partial charge in [0.25, 0.3) is 0 Å². The second-order valence-electron chi connectivity index (χ2n) is 11.9. The lowest BCUT2D eigenvalue weighted by atomic mass is 9.67. The Balaban J connectivity index is 1.24. The molecule has 4 amide bonds. The van der Waals surface area contributed by atoms with Gasteiger partial charge in [-0.2, -0.15) is 0 Å². The largest absolute Gasteiger partial charge is 0.379 e. The van der Waals surface area contributed by atoms with Crippen LogP contribution in [0.1, 0.15) is 66.2 Å². The van der Waals surface area contributed by atoms with Gasteiger partial charge in [-0.05, 0) is 77.6 Å². The standard InChI is InChI=1S/C31H43N3O7S/c1-19(2)9-14-24-30(4,41-24)28-27(39-5)23(15-16-31(28)18-40-31)33-29(38)34-26(37)17-42-22-12-10-21(11-13-22)32-25(36)8-6-7-20(3)35/h9-13,23-24,27-28H,6-8,14-18H2,1-5H3,(H,32,36)(H2,33,34,37,38)/t23-,24-,27-,28-,30?,31+/m1/s1. The molecule has 11 heteroatoms. The Hall–Kier alpha value is -2.73. The number of imide groups is 1. The summed E-state index contributed by atoms with van der Waals surface area (Å²) in [6, 6.07) is 6.27. The zero-order chi connectivity index (χ0) is 30.5. The fourth-order valence-corrected chi connectivity index (χ4v) is 6.71. The monoisotopic (exact) mass is 601 g/mol. The number of benzene rings is 1. The van der Waals surface area contributed by atoms with Crippen molar-refractivity contribution < 1.29 is 33.4 Å². The first kappa shape index (κ1) is 32.2. The highest BCUT2D eigenvalue weighted by Gasteiger charge is 2.71. The first-order valence-corrected chi connectivity index (χ1v) is 15.5. The normalized spacial score (nSPS) is 29.4. The molecule has 1 aromatic rings. The fraction of sp³-hybridized carbons (Fsp3) is 0.613. The SMILES string of the molecule is CO[C@H]1[C@H](C2(C)O[C@@H]2CC=C(C)C)[C@]2(CC[C@H]1NC(=O)NC(=O)CSc1ccc(NC(=O)CCCC(C)=O)cc1)CO2. The van der Waals surface area contributed by atoms with Crippen LogP contribution in [0.2, 0.25) is 0 Å². The number of anilines is 1. The molecule has 3 aliphatic rings. The Labute approximate surface area is 252 Å². The predicted octanol–water partition coefficient (Wildman–Crippen LogP) is 4.38. The van der Waals surface area contributed by atoms with E-state index in [9.17, 15) is 19.2 Å². The van der Waals surface area contributed by atoms with E-state index in [0.717, 1.165) is 17.7 Å². The van der Waals surface area contributed by atoms with Crippen molar-refractivity contribution in [1.82, 2.24) is 10.6 Å². The van der Waals surface area contributed by atoms with Gasteiger partial charge in [-0.3, -0.25) is 14.9 Å². The molecule has 1 saturated carbocycles. The van der Waals surface area contributed by atoms with Crippen LogP contribution in [0.4, 0.5) is 10.5 Å². The van der Waals surface area contributed by atoms with Gasteiger partial charge in [-0.15, -0.1) is 11.8 Å². The Bertz CT molecular complexity index is 1200. The first-order valence-electron chi connectivity index (χ1n) is 14.6. The second kappa shape index (κ2) is 13.7. The zero-order valence-corrected chi connectivity index (χ0v) is 25.9. The molecule has 230 valence electrons. The maximum Gasteiger partial charge on any atom is 0.321 e. The number of rotatable bonds is 13. The lowest BCUT2D eigenvalue weighted by molar-refractivity contribution is -0.119. The number of epoxide rings is 2. The van der Waals surface area contributed by atoms with Crippen LogP contribution in [0.3, 0.4) is 0 Å². The molecule has 0 aromatic heterocycles. The number of thioether (sulfide) groups is 1. The van der Waals surface area contributed by atoms with E-state index >= 15 is 0 Å². The van der Waals surface area contributed by atoms with Gasteiger partial charge in [0.15, 0.2) is 0 Å². The van der Waals surface area contributed by atoms with Gasteiger partial charge >= 0.3 is 6.03 Å². The van der Waals surface area contributed by atoms with Crippen molar-refractivity contribution in [2.75, 3.05) is 24.8 Å². The molecule has 10 nitrogen and oxygen atoms in total. The summed E-state index contributed by atoms with van der Waals surface area (Å²) < 4.78 is 18.2. The summed E-state index contributed by atoms with van der Waals surface area (Å²) in [4.78, 5) is 49.2. The molecule has 42 heavy (non-hydrogen) atoms. The van der Waals surface area contributed by atoms with Crippen LogP contribution in [-0.4, -0.2) is 72.6 Å². The number of hydrogen-bond acceptors (Lipinski definition) is 8. The summed E-state index contributed by atoms with van der Waals surface area (Å²) >= 11 is 1.29. The molecule has 2 saturated heterocycles. The molecular formula is C31H43N3O7S. The molecule has 0 bridgehead atoms. The quantitative estimate of drug-likeness (QED) is 0.172. The third-order valence-electron chi connectivity index (χ3n) is 8.30. The maximum absolute atomic E-state index is 12.8. The van der Waals surface area contributed by atoms with Crippen molar-refractivity contribution in [2.45, 2.75) is 101 Å². The van der Waals surface area contributed by atoms with E-state index in [0.29, 0.717) is 31.6 Å². The van der Waals surface area contributed by atoms with Gasteiger partial charge in [0.2, 0.25) is 11.8 Å². The van der Waals surface area contributed by atoms with Gasteiger partial charge < -0.3 is 29.6 Å². The van der Waals surface area contributed by atoms with Crippen molar-refractivity contribution in [2.24, 2.45) is 5.92 Å². The molecule has 2 heterocycles. The van der Waals surface area contributed by atoms with Crippen molar-refractivity contribution >= 4 is 41.1 Å². The van der Waals surface area contributed by atoms with E-state index in [1.165, 1.54) is 24.3 Å². The Morgan fingerprint density at radius 1 is 1.10 bits per heavy atom. The van der Waals surface area contributed by atoms with Crippen LogP contribution < -0.4 is 16.0 Å². The zero-order valence-electron chi connectivity index (χ0n) is 25.1. The molecule has 1 unspecified atom stereocenters. The summed E-state index contributed by atoms with van der Waals surface area (Å²) in [5, 5.41) is 8.21. The van der Waals surface area contributed by atoms with Crippen molar-refractivity contribution in [3.05, 3.63) is 35.9 Å². The number of amides is 4. The molecule has 0 radical (unpaired) electrons. The number of ketones is 1. The minimum absolute atomic E-state index is 0.0378. The summed E-state index contributed by atoms with van der Waals surface area (Å²) in [7, 11) is 1.65. The molecule has 2 aliphatic heterocycles. The Morgan fingerprint density at radius 2 is 1.81 bits per heavy atom. The minimum atomic E-state index is -0.551. The van der Waals surface area contributed by atoms with E-state index in [1.54, 1.807) is 31.4 Å². The van der Waals surface area contributed by atoms with Crippen LogP contribution >= 0.6 is 11.8 Å². The topological polar surface area (TPSA) is 139 Å². The summed E-state index contributed by atoms with van der Waals surface area (Å²) in [6.07, 6.45) is 5.42.